The van der Waals surface area contributed by atoms with Gasteiger partial charge in [0, 0.05) is 18.7 Å². The lowest BCUT2D eigenvalue weighted by Gasteiger charge is -2.33. The summed E-state index contributed by atoms with van der Waals surface area (Å²) in [5, 5.41) is 0. The van der Waals surface area contributed by atoms with Gasteiger partial charge in [-0.1, -0.05) is 6.42 Å². The van der Waals surface area contributed by atoms with E-state index in [0.29, 0.717) is 5.82 Å². The summed E-state index contributed by atoms with van der Waals surface area (Å²) in [6.07, 6.45) is 5.65. The van der Waals surface area contributed by atoms with Crippen molar-refractivity contribution in [3.63, 3.8) is 0 Å². The van der Waals surface area contributed by atoms with Crippen LogP contribution in [0, 0.1) is 12.8 Å². The van der Waals surface area contributed by atoms with Crippen LogP contribution >= 0.6 is 0 Å². The lowest BCUT2D eigenvalue weighted by molar-refractivity contribution is 0.318. The molecule has 4 nitrogen and oxygen atoms in total. The highest BCUT2D eigenvalue weighted by molar-refractivity contribution is 5.55. The summed E-state index contributed by atoms with van der Waals surface area (Å²) >= 11 is 0. The number of hydrogen-bond acceptors (Lipinski definition) is 4. The standard InChI is InChI=1S/C12H20N4/c1-3-16(7-10-5-4-6-10)12-9(2)11(13)14-8-15-12/h8,10H,3-7H2,1-2H3,(H2,13,14,15). The van der Waals surface area contributed by atoms with Crippen molar-refractivity contribution < 1.29 is 0 Å². The third kappa shape index (κ3) is 2.10. The molecule has 1 aromatic rings. The average Bonchev–Trinajstić information content (AvgIpc) is 2.22. The molecule has 1 aliphatic rings. The molecule has 0 saturated heterocycles. The van der Waals surface area contributed by atoms with Crippen LogP contribution in [0.5, 0.6) is 0 Å². The van der Waals surface area contributed by atoms with E-state index in [2.05, 4.69) is 21.8 Å². The fraction of sp³-hybridized carbons (Fsp3) is 0.667. The maximum atomic E-state index is 5.81. The third-order valence-corrected chi connectivity index (χ3v) is 3.48. The quantitative estimate of drug-likeness (QED) is 0.843. The van der Waals surface area contributed by atoms with Gasteiger partial charge in [-0.3, -0.25) is 0 Å². The minimum absolute atomic E-state index is 0.594. The van der Waals surface area contributed by atoms with Gasteiger partial charge in [-0.15, -0.1) is 0 Å². The van der Waals surface area contributed by atoms with Gasteiger partial charge >= 0.3 is 0 Å². The van der Waals surface area contributed by atoms with E-state index in [1.165, 1.54) is 19.3 Å². The molecule has 88 valence electrons. The average molecular weight is 220 g/mol. The second kappa shape index (κ2) is 4.68. The fourth-order valence-electron chi connectivity index (χ4n) is 2.13. The van der Waals surface area contributed by atoms with Crippen LogP contribution in [0.25, 0.3) is 0 Å². The first-order valence-corrected chi connectivity index (χ1v) is 6.04. The summed E-state index contributed by atoms with van der Waals surface area (Å²) in [5.74, 6) is 2.44. The molecule has 0 spiro atoms. The molecule has 1 saturated carbocycles. The van der Waals surface area contributed by atoms with Gasteiger partial charge in [0.1, 0.15) is 18.0 Å². The highest BCUT2D eigenvalue weighted by atomic mass is 15.2. The predicted octanol–water partition coefficient (Wildman–Crippen LogP) is 1.99. The number of rotatable bonds is 4. The van der Waals surface area contributed by atoms with Crippen molar-refractivity contribution in [2.75, 3.05) is 23.7 Å². The van der Waals surface area contributed by atoms with E-state index in [-0.39, 0.29) is 0 Å². The predicted molar refractivity (Wildman–Crippen MR) is 66.4 cm³/mol. The minimum atomic E-state index is 0.594. The fourth-order valence-corrected chi connectivity index (χ4v) is 2.13. The Hall–Kier alpha value is -1.32. The summed E-state index contributed by atoms with van der Waals surface area (Å²) in [7, 11) is 0. The Labute approximate surface area is 96.9 Å². The molecular formula is C12H20N4. The molecule has 0 unspecified atom stereocenters. The number of aromatic nitrogens is 2. The van der Waals surface area contributed by atoms with E-state index >= 15 is 0 Å². The zero-order valence-corrected chi connectivity index (χ0v) is 10.1. The maximum Gasteiger partial charge on any atom is 0.137 e. The summed E-state index contributed by atoms with van der Waals surface area (Å²) in [5.41, 5.74) is 6.82. The molecule has 0 amide bonds. The Morgan fingerprint density at radius 3 is 2.75 bits per heavy atom. The first kappa shape index (κ1) is 11.2. The number of nitrogens with two attached hydrogens (primary N) is 1. The Bertz CT molecular complexity index is 360. The number of hydrogen-bond donors (Lipinski definition) is 1. The first-order chi connectivity index (χ1) is 7.72. The minimum Gasteiger partial charge on any atom is -0.383 e. The van der Waals surface area contributed by atoms with Crippen molar-refractivity contribution in [2.24, 2.45) is 5.92 Å². The van der Waals surface area contributed by atoms with Gasteiger partial charge in [0.25, 0.3) is 0 Å². The molecule has 1 aromatic heterocycles. The van der Waals surface area contributed by atoms with Crippen molar-refractivity contribution in [3.8, 4) is 0 Å². The topological polar surface area (TPSA) is 55.0 Å². The van der Waals surface area contributed by atoms with Gasteiger partial charge < -0.3 is 10.6 Å². The molecule has 0 radical (unpaired) electrons. The van der Waals surface area contributed by atoms with Crippen LogP contribution in [0.15, 0.2) is 6.33 Å². The molecular weight excluding hydrogens is 200 g/mol. The highest BCUT2D eigenvalue weighted by Gasteiger charge is 2.21. The molecule has 4 heteroatoms. The summed E-state index contributed by atoms with van der Waals surface area (Å²) in [6.45, 7) is 6.24. The first-order valence-electron chi connectivity index (χ1n) is 6.04. The molecule has 0 atom stereocenters. The molecule has 2 N–H and O–H groups in total. The summed E-state index contributed by atoms with van der Waals surface area (Å²) in [4.78, 5) is 10.7. The molecule has 0 aliphatic heterocycles. The van der Waals surface area contributed by atoms with Crippen LogP contribution in [0.2, 0.25) is 0 Å². The van der Waals surface area contributed by atoms with Crippen LogP contribution in [0.4, 0.5) is 11.6 Å². The van der Waals surface area contributed by atoms with Crippen LogP contribution in [0.1, 0.15) is 31.7 Å². The van der Waals surface area contributed by atoms with Crippen molar-refractivity contribution in [2.45, 2.75) is 33.1 Å². The summed E-state index contributed by atoms with van der Waals surface area (Å²) in [6, 6.07) is 0. The van der Waals surface area contributed by atoms with Crippen molar-refractivity contribution >= 4 is 11.6 Å². The number of anilines is 2. The second-order valence-corrected chi connectivity index (χ2v) is 4.54. The monoisotopic (exact) mass is 220 g/mol. The van der Waals surface area contributed by atoms with E-state index in [4.69, 9.17) is 5.73 Å². The van der Waals surface area contributed by atoms with Crippen molar-refractivity contribution in [3.05, 3.63) is 11.9 Å². The van der Waals surface area contributed by atoms with E-state index < -0.39 is 0 Å². The third-order valence-electron chi connectivity index (χ3n) is 3.48. The molecule has 1 fully saturated rings. The van der Waals surface area contributed by atoms with Gasteiger partial charge in [0.15, 0.2) is 0 Å². The van der Waals surface area contributed by atoms with E-state index in [1.54, 1.807) is 6.33 Å². The molecule has 1 aliphatic carbocycles. The molecule has 0 bridgehead atoms. The number of nitrogens with zero attached hydrogens (tertiary/aromatic N) is 3. The summed E-state index contributed by atoms with van der Waals surface area (Å²) < 4.78 is 0. The Morgan fingerprint density at radius 1 is 1.44 bits per heavy atom. The van der Waals surface area contributed by atoms with Crippen LogP contribution < -0.4 is 10.6 Å². The normalized spacial score (nSPS) is 15.9. The smallest absolute Gasteiger partial charge is 0.137 e. The molecule has 16 heavy (non-hydrogen) atoms. The second-order valence-electron chi connectivity index (χ2n) is 4.54. The Balaban J connectivity index is 2.15. The van der Waals surface area contributed by atoms with E-state index in [1.807, 2.05) is 6.92 Å². The molecule has 1 heterocycles. The Kier molecular flexibility index (Phi) is 3.27. The van der Waals surface area contributed by atoms with Crippen LogP contribution in [-0.2, 0) is 0 Å². The van der Waals surface area contributed by atoms with Crippen LogP contribution in [0.3, 0.4) is 0 Å². The maximum absolute atomic E-state index is 5.81. The molecule has 2 rings (SSSR count). The van der Waals surface area contributed by atoms with Gasteiger partial charge in [-0.25, -0.2) is 9.97 Å². The van der Waals surface area contributed by atoms with Gasteiger partial charge in [-0.2, -0.15) is 0 Å². The van der Waals surface area contributed by atoms with E-state index in [0.717, 1.165) is 30.4 Å². The van der Waals surface area contributed by atoms with Crippen LogP contribution in [-0.4, -0.2) is 23.1 Å². The van der Waals surface area contributed by atoms with Crippen molar-refractivity contribution in [1.29, 1.82) is 0 Å². The van der Waals surface area contributed by atoms with E-state index in [9.17, 15) is 0 Å². The van der Waals surface area contributed by atoms with Gasteiger partial charge in [0.2, 0.25) is 0 Å². The van der Waals surface area contributed by atoms with Gasteiger partial charge in [-0.05, 0) is 32.6 Å². The lowest BCUT2D eigenvalue weighted by Crippen LogP contribution is -2.33. The molecule has 0 aromatic carbocycles. The SMILES string of the molecule is CCN(CC1CCC1)c1ncnc(N)c1C. The van der Waals surface area contributed by atoms with Gasteiger partial charge in [0.05, 0.1) is 0 Å². The lowest BCUT2D eigenvalue weighted by atomic mass is 9.85. The van der Waals surface area contributed by atoms with Crippen molar-refractivity contribution in [1.82, 2.24) is 9.97 Å². The Morgan fingerprint density at radius 2 is 2.19 bits per heavy atom. The number of nitrogen functional groups attached to an aromatic ring is 1. The largest absolute Gasteiger partial charge is 0.383 e. The zero-order chi connectivity index (χ0) is 11.5. The highest BCUT2D eigenvalue weighted by Crippen LogP contribution is 2.29. The zero-order valence-electron chi connectivity index (χ0n) is 10.1.